The van der Waals surface area contributed by atoms with Gasteiger partial charge < -0.3 is 0 Å². The average Bonchev–Trinajstić information content (AvgIpc) is 2.96. The molecule has 0 saturated heterocycles. The molecule has 144 valence electrons. The molecule has 0 aliphatic heterocycles. The minimum Gasteiger partial charge on any atom is -0.0928 e. The fourth-order valence-corrected chi connectivity index (χ4v) is 9.19. The lowest BCUT2D eigenvalue weighted by Crippen LogP contribution is -2.53. The topological polar surface area (TPSA) is 0 Å². The van der Waals surface area contributed by atoms with Gasteiger partial charge in [0.05, 0.1) is 0 Å². The van der Waals surface area contributed by atoms with Gasteiger partial charge in [-0.3, -0.25) is 0 Å². The van der Waals surface area contributed by atoms with E-state index in [0.29, 0.717) is 10.8 Å². The molecule has 0 aromatic heterocycles. The van der Waals surface area contributed by atoms with Crippen molar-refractivity contribution >= 4 is 15.9 Å². The van der Waals surface area contributed by atoms with Crippen LogP contribution >= 0.6 is 15.9 Å². The van der Waals surface area contributed by atoms with E-state index in [0.717, 1.165) is 35.5 Å². The molecular formula is C24H41Br. The molecular weight excluding hydrogens is 368 g/mol. The fourth-order valence-electron chi connectivity index (χ4n) is 8.87. The van der Waals surface area contributed by atoms with Gasteiger partial charge in [0.1, 0.15) is 0 Å². The van der Waals surface area contributed by atoms with Crippen LogP contribution in [0.25, 0.3) is 0 Å². The van der Waals surface area contributed by atoms with Crippen molar-refractivity contribution in [2.45, 2.75) is 97.8 Å². The summed E-state index contributed by atoms with van der Waals surface area (Å²) in [5.41, 5.74) is 1.38. The number of hydrogen-bond acceptors (Lipinski definition) is 0. The van der Waals surface area contributed by atoms with E-state index in [1.54, 1.807) is 44.9 Å². The van der Waals surface area contributed by atoms with Crippen molar-refractivity contribution in [3.05, 3.63) is 0 Å². The molecule has 4 rings (SSSR count). The molecule has 4 aliphatic rings. The van der Waals surface area contributed by atoms with Crippen molar-refractivity contribution in [3.8, 4) is 0 Å². The molecule has 0 aromatic carbocycles. The summed E-state index contributed by atoms with van der Waals surface area (Å²) >= 11 is 3.65. The molecule has 4 aliphatic carbocycles. The minimum atomic E-state index is 0.671. The summed E-state index contributed by atoms with van der Waals surface area (Å²) in [5, 5.41) is 1.19. The molecule has 25 heavy (non-hydrogen) atoms. The Kier molecular flexibility index (Phi) is 5.38. The number of rotatable bonds is 4. The maximum absolute atomic E-state index is 3.65. The van der Waals surface area contributed by atoms with Gasteiger partial charge in [-0.2, -0.15) is 0 Å². The maximum Gasteiger partial charge on any atom is 0.00314 e. The summed E-state index contributed by atoms with van der Waals surface area (Å²) in [4.78, 5) is 0. The zero-order chi connectivity index (χ0) is 17.7. The number of hydrogen-bond donors (Lipinski definition) is 0. The second-order valence-electron chi connectivity index (χ2n) is 10.9. The largest absolute Gasteiger partial charge is 0.0928 e. The normalized spacial score (nSPS) is 50.6. The molecule has 8 atom stereocenters. The van der Waals surface area contributed by atoms with E-state index in [-0.39, 0.29) is 0 Å². The van der Waals surface area contributed by atoms with Crippen LogP contribution in [0.5, 0.6) is 0 Å². The number of alkyl halides is 1. The molecule has 1 heteroatoms. The van der Waals surface area contributed by atoms with Crippen molar-refractivity contribution in [2.24, 2.45) is 46.3 Å². The minimum absolute atomic E-state index is 0.671. The van der Waals surface area contributed by atoms with Gasteiger partial charge in [-0.1, -0.05) is 49.5 Å². The Morgan fingerprint density at radius 1 is 0.880 bits per heavy atom. The molecule has 0 N–H and O–H groups in total. The highest BCUT2D eigenvalue weighted by Crippen LogP contribution is 2.68. The third-order valence-corrected chi connectivity index (χ3v) is 10.7. The third kappa shape index (κ3) is 2.98. The second kappa shape index (κ2) is 7.14. The van der Waals surface area contributed by atoms with Crippen LogP contribution in [0, 0.1) is 46.3 Å². The first-order valence-electron chi connectivity index (χ1n) is 11.6. The van der Waals surface area contributed by atoms with Crippen LogP contribution in [0.2, 0.25) is 0 Å². The Hall–Kier alpha value is 0.480. The van der Waals surface area contributed by atoms with E-state index >= 15 is 0 Å². The quantitative estimate of drug-likeness (QED) is 0.415. The van der Waals surface area contributed by atoms with Crippen molar-refractivity contribution in [1.82, 2.24) is 0 Å². The lowest BCUT2D eigenvalue weighted by Gasteiger charge is -2.61. The zero-order valence-corrected chi connectivity index (χ0v) is 18.6. The molecule has 0 aromatic rings. The van der Waals surface area contributed by atoms with E-state index in [1.165, 1.54) is 37.4 Å². The van der Waals surface area contributed by atoms with Crippen LogP contribution in [0.1, 0.15) is 97.8 Å². The predicted molar refractivity (Wildman–Crippen MR) is 112 cm³/mol. The zero-order valence-electron chi connectivity index (χ0n) is 17.0. The predicted octanol–water partition coefficient (Wildman–Crippen LogP) is 7.85. The molecule has 0 heterocycles. The Morgan fingerprint density at radius 2 is 1.68 bits per heavy atom. The molecule has 4 saturated carbocycles. The van der Waals surface area contributed by atoms with Crippen LogP contribution in [-0.4, -0.2) is 5.33 Å². The van der Waals surface area contributed by atoms with Crippen molar-refractivity contribution in [1.29, 1.82) is 0 Å². The molecule has 0 radical (unpaired) electrons. The van der Waals surface area contributed by atoms with Gasteiger partial charge in [0, 0.05) is 5.33 Å². The highest BCUT2D eigenvalue weighted by atomic mass is 79.9. The van der Waals surface area contributed by atoms with Gasteiger partial charge in [0.15, 0.2) is 0 Å². The van der Waals surface area contributed by atoms with E-state index in [2.05, 4.69) is 36.7 Å². The number of halogens is 1. The first-order valence-corrected chi connectivity index (χ1v) is 12.7. The van der Waals surface area contributed by atoms with Crippen LogP contribution in [0.4, 0.5) is 0 Å². The van der Waals surface area contributed by atoms with Crippen LogP contribution in [0.3, 0.4) is 0 Å². The molecule has 0 nitrogen and oxygen atoms in total. The molecule has 0 amide bonds. The summed E-state index contributed by atoms with van der Waals surface area (Å²) in [5.74, 6) is 6.22. The van der Waals surface area contributed by atoms with Crippen molar-refractivity contribution in [2.75, 3.05) is 5.33 Å². The lowest BCUT2D eigenvalue weighted by molar-refractivity contribution is -0.114. The first-order chi connectivity index (χ1) is 12.0. The Morgan fingerprint density at radius 3 is 2.48 bits per heavy atom. The maximum atomic E-state index is 3.65. The van der Waals surface area contributed by atoms with E-state index in [9.17, 15) is 0 Å². The van der Waals surface area contributed by atoms with E-state index in [1.807, 2.05) is 0 Å². The fraction of sp³-hybridized carbons (Fsp3) is 1.00. The van der Waals surface area contributed by atoms with Crippen molar-refractivity contribution < 1.29 is 0 Å². The molecule has 0 bridgehead atoms. The SMILES string of the molecule is C[C@H](CCCBr)[C@H]1CC[C@H]2[C@@H]3CC[C@@H]4CCCC[C@]4(C)[C@H]3CC[C@]12C. The summed E-state index contributed by atoms with van der Waals surface area (Å²) < 4.78 is 0. The van der Waals surface area contributed by atoms with Crippen LogP contribution < -0.4 is 0 Å². The highest BCUT2D eigenvalue weighted by Gasteiger charge is 2.59. The van der Waals surface area contributed by atoms with Gasteiger partial charge in [-0.15, -0.1) is 0 Å². The van der Waals surface area contributed by atoms with Gasteiger partial charge in [0.25, 0.3) is 0 Å². The van der Waals surface area contributed by atoms with Crippen LogP contribution in [0.15, 0.2) is 0 Å². The molecule has 0 unspecified atom stereocenters. The standard InChI is InChI=1S/C24H41Br/c1-17(7-6-16-25)20-11-12-21-19-10-9-18-8-4-5-14-23(18,2)22(19)13-15-24(20,21)3/h17-22H,4-16H2,1-3H3/t17-,18+,19+,20-,21+,22+,23+,24-/m1/s1. The average molecular weight is 409 g/mol. The smallest absolute Gasteiger partial charge is 0.00314 e. The summed E-state index contributed by atoms with van der Waals surface area (Å²) in [6, 6.07) is 0. The first kappa shape index (κ1) is 18.8. The number of fused-ring (bicyclic) bond motifs is 5. The third-order valence-electron chi connectivity index (χ3n) is 10.1. The van der Waals surface area contributed by atoms with E-state index < -0.39 is 0 Å². The molecule has 0 spiro atoms. The summed E-state index contributed by atoms with van der Waals surface area (Å²) in [7, 11) is 0. The van der Waals surface area contributed by atoms with Gasteiger partial charge in [-0.05, 0) is 111 Å². The van der Waals surface area contributed by atoms with Gasteiger partial charge in [0.2, 0.25) is 0 Å². The highest BCUT2D eigenvalue weighted by molar-refractivity contribution is 9.09. The lowest BCUT2D eigenvalue weighted by atomic mass is 9.44. The Labute approximate surface area is 165 Å². The second-order valence-corrected chi connectivity index (χ2v) is 11.7. The van der Waals surface area contributed by atoms with Gasteiger partial charge >= 0.3 is 0 Å². The Bertz CT molecular complexity index is 473. The molecule has 4 fully saturated rings. The van der Waals surface area contributed by atoms with Gasteiger partial charge in [-0.25, -0.2) is 0 Å². The van der Waals surface area contributed by atoms with Crippen LogP contribution in [-0.2, 0) is 0 Å². The monoisotopic (exact) mass is 408 g/mol. The van der Waals surface area contributed by atoms with Crippen molar-refractivity contribution in [3.63, 3.8) is 0 Å². The Balaban J connectivity index is 1.53. The summed E-state index contributed by atoms with van der Waals surface area (Å²) in [6.45, 7) is 8.03. The van der Waals surface area contributed by atoms with E-state index in [4.69, 9.17) is 0 Å². The summed E-state index contributed by atoms with van der Waals surface area (Å²) in [6.07, 6.45) is 18.3.